The Morgan fingerprint density at radius 1 is 1.03 bits per heavy atom. The molecule has 10 nitrogen and oxygen atoms in total. The lowest BCUT2D eigenvalue weighted by molar-refractivity contribution is -0.285. The fourth-order valence-corrected chi connectivity index (χ4v) is 6.85. The molecule has 5 atom stereocenters. The minimum Gasteiger partial charge on any atom is -0.488 e. The van der Waals surface area contributed by atoms with Crippen LogP contribution in [0, 0.1) is 10.7 Å². The molecule has 1 fully saturated rings. The van der Waals surface area contributed by atoms with Gasteiger partial charge in [-0.05, 0) is 67.8 Å². The van der Waals surface area contributed by atoms with E-state index in [-0.39, 0.29) is 24.2 Å². The number of rotatable bonds is 5. The number of aliphatic hydroxyl groups is 4. The summed E-state index contributed by atoms with van der Waals surface area (Å²) in [6, 6.07) is 0. The summed E-state index contributed by atoms with van der Waals surface area (Å²) in [6.07, 6.45) is -7.58. The number of carbonyl (C=O) groups is 2. The molecule has 0 bridgehead atoms. The lowest BCUT2D eigenvalue weighted by atomic mass is 9.99. The zero-order valence-corrected chi connectivity index (χ0v) is 21.6. The quantitative estimate of drug-likeness (QED) is 0.230. The molecular weight excluding hydrogens is 729 g/mol. The lowest BCUT2D eigenvalue weighted by Crippen LogP contribution is -2.58. The monoisotopic (exact) mass is 748 g/mol. The zero-order chi connectivity index (χ0) is 22.0. The summed E-state index contributed by atoms with van der Waals surface area (Å²) in [5, 5.41) is 44.4. The first-order valence-corrected chi connectivity index (χ1v) is 11.5. The molecule has 1 aliphatic rings. The van der Waals surface area contributed by atoms with Crippen molar-refractivity contribution in [2.24, 2.45) is 0 Å². The van der Waals surface area contributed by atoms with Crippen LogP contribution in [0.4, 0.5) is 5.69 Å². The molecule has 6 N–H and O–H groups in total. The van der Waals surface area contributed by atoms with Gasteiger partial charge in [0, 0.05) is 14.0 Å². The van der Waals surface area contributed by atoms with Crippen molar-refractivity contribution in [1.29, 1.82) is 0 Å². The topological polar surface area (TPSA) is 158 Å². The first kappa shape index (κ1) is 25.2. The molecule has 162 valence electrons. The Hall–Kier alpha value is -0.0500. The second-order valence-corrected chi connectivity index (χ2v) is 9.37. The Morgan fingerprint density at radius 2 is 1.66 bits per heavy atom. The van der Waals surface area contributed by atoms with Crippen LogP contribution in [-0.4, -0.2) is 76.6 Å². The molecule has 0 radical (unpaired) electrons. The Balaban J connectivity index is 2.41. The van der Waals surface area contributed by atoms with Crippen LogP contribution in [0.25, 0.3) is 0 Å². The Labute approximate surface area is 207 Å². The SMILES string of the molecule is CNC(=O)c1c(I)c(NC(C)=O)c(I)c(OCC2OC(O)C(O)C(O)C2O)c1I. The summed E-state index contributed by atoms with van der Waals surface area (Å²) in [6.45, 7) is 1.05. The van der Waals surface area contributed by atoms with Crippen LogP contribution in [0.2, 0.25) is 0 Å². The Morgan fingerprint density at radius 3 is 2.21 bits per heavy atom. The zero-order valence-electron chi connectivity index (χ0n) is 15.1. The number of hydrogen-bond acceptors (Lipinski definition) is 8. The lowest BCUT2D eigenvalue weighted by Gasteiger charge is -2.38. The Bertz CT molecular complexity index is 809. The highest BCUT2D eigenvalue weighted by Gasteiger charge is 2.43. The number of ether oxygens (including phenoxy) is 2. The van der Waals surface area contributed by atoms with Gasteiger partial charge < -0.3 is 40.5 Å². The molecule has 2 rings (SSSR count). The van der Waals surface area contributed by atoms with Crippen LogP contribution in [0.5, 0.6) is 5.75 Å². The summed E-state index contributed by atoms with van der Waals surface area (Å²) >= 11 is 5.87. The third kappa shape index (κ3) is 5.42. The van der Waals surface area contributed by atoms with Gasteiger partial charge in [0.15, 0.2) is 6.29 Å². The number of anilines is 1. The number of halogens is 3. The van der Waals surface area contributed by atoms with E-state index in [0.29, 0.717) is 22.0 Å². The van der Waals surface area contributed by atoms with E-state index in [2.05, 4.69) is 10.6 Å². The van der Waals surface area contributed by atoms with Crippen molar-refractivity contribution < 1.29 is 39.5 Å². The van der Waals surface area contributed by atoms with Gasteiger partial charge in [0.25, 0.3) is 5.91 Å². The second kappa shape index (κ2) is 10.5. The van der Waals surface area contributed by atoms with Gasteiger partial charge in [-0.25, -0.2) is 0 Å². The maximum Gasteiger partial charge on any atom is 0.253 e. The van der Waals surface area contributed by atoms with Crippen molar-refractivity contribution in [3.05, 3.63) is 16.3 Å². The maximum atomic E-state index is 12.4. The average Bonchev–Trinajstić information content (AvgIpc) is 2.66. The number of hydrogen-bond donors (Lipinski definition) is 6. The minimum atomic E-state index is -1.69. The van der Waals surface area contributed by atoms with Crippen LogP contribution in [0.1, 0.15) is 17.3 Å². The number of aliphatic hydroxyl groups excluding tert-OH is 4. The molecule has 0 saturated carbocycles. The van der Waals surface area contributed by atoms with E-state index < -0.39 is 30.7 Å². The van der Waals surface area contributed by atoms with Crippen molar-refractivity contribution in [2.75, 3.05) is 19.0 Å². The van der Waals surface area contributed by atoms with Crippen molar-refractivity contribution in [2.45, 2.75) is 37.6 Å². The van der Waals surface area contributed by atoms with E-state index in [9.17, 15) is 30.0 Å². The molecule has 2 amide bonds. The van der Waals surface area contributed by atoms with Gasteiger partial charge in [-0.1, -0.05) is 0 Å². The Kier molecular flexibility index (Phi) is 9.14. The second-order valence-electron chi connectivity index (χ2n) is 6.13. The molecule has 5 unspecified atom stereocenters. The average molecular weight is 748 g/mol. The number of amides is 2. The van der Waals surface area contributed by atoms with E-state index >= 15 is 0 Å². The molecule has 13 heteroatoms. The number of benzene rings is 1. The molecule has 1 aromatic rings. The van der Waals surface area contributed by atoms with Crippen molar-refractivity contribution >= 4 is 85.3 Å². The highest BCUT2D eigenvalue weighted by atomic mass is 127. The number of carbonyl (C=O) groups excluding carboxylic acids is 2. The molecule has 1 heterocycles. The fraction of sp³-hybridized carbons (Fsp3) is 0.500. The van der Waals surface area contributed by atoms with Gasteiger partial charge in [0.1, 0.15) is 36.8 Å². The third-order valence-corrected chi connectivity index (χ3v) is 7.25. The van der Waals surface area contributed by atoms with Crippen LogP contribution < -0.4 is 15.4 Å². The van der Waals surface area contributed by atoms with Gasteiger partial charge in [-0.2, -0.15) is 0 Å². The predicted octanol–water partition coefficient (Wildman–Crippen LogP) is -0.00290. The van der Waals surface area contributed by atoms with Crippen LogP contribution in [0.3, 0.4) is 0 Å². The van der Waals surface area contributed by atoms with Crippen molar-refractivity contribution in [1.82, 2.24) is 5.32 Å². The smallest absolute Gasteiger partial charge is 0.253 e. The first-order chi connectivity index (χ1) is 13.5. The van der Waals surface area contributed by atoms with E-state index in [0.717, 1.165) is 0 Å². The third-order valence-electron chi connectivity index (χ3n) is 4.11. The highest BCUT2D eigenvalue weighted by Crippen LogP contribution is 2.40. The molecule has 0 aromatic heterocycles. The highest BCUT2D eigenvalue weighted by molar-refractivity contribution is 14.1. The normalized spacial score (nSPS) is 26.7. The van der Waals surface area contributed by atoms with Crippen LogP contribution >= 0.6 is 67.8 Å². The summed E-state index contributed by atoms with van der Waals surface area (Å²) < 4.78 is 12.4. The maximum absolute atomic E-state index is 12.4. The molecule has 1 saturated heterocycles. The standard InChI is InChI=1S/C16H19I3N2O8/c1-4(22)21-10-7(17)6(15(26)20-2)8(18)14(9(10)19)28-3-5-11(23)12(24)13(25)16(27)29-5/h5,11-13,16,23-25,27H,3H2,1-2H3,(H,20,26)(H,21,22). The van der Waals surface area contributed by atoms with Gasteiger partial charge in [0.05, 0.1) is 22.0 Å². The summed E-state index contributed by atoms with van der Waals surface area (Å²) in [5.74, 6) is -0.448. The van der Waals surface area contributed by atoms with Crippen LogP contribution in [0.15, 0.2) is 0 Å². The molecule has 29 heavy (non-hydrogen) atoms. The minimum absolute atomic E-state index is 0.264. The molecular formula is C16H19I3N2O8. The van der Waals surface area contributed by atoms with E-state index in [1.54, 1.807) is 0 Å². The fourth-order valence-electron chi connectivity index (χ4n) is 2.61. The molecule has 0 spiro atoms. The van der Waals surface area contributed by atoms with Gasteiger partial charge in [-0.15, -0.1) is 0 Å². The molecule has 1 aliphatic heterocycles. The predicted molar refractivity (Wildman–Crippen MR) is 127 cm³/mol. The number of nitrogens with one attached hydrogen (secondary N) is 2. The van der Waals surface area contributed by atoms with E-state index in [1.807, 2.05) is 67.8 Å². The first-order valence-electron chi connectivity index (χ1n) is 8.21. The van der Waals surface area contributed by atoms with Gasteiger partial charge >= 0.3 is 0 Å². The van der Waals surface area contributed by atoms with Crippen LogP contribution in [-0.2, 0) is 9.53 Å². The van der Waals surface area contributed by atoms with E-state index in [1.165, 1.54) is 14.0 Å². The van der Waals surface area contributed by atoms with Gasteiger partial charge in [-0.3, -0.25) is 9.59 Å². The van der Waals surface area contributed by atoms with Gasteiger partial charge in [0.2, 0.25) is 5.91 Å². The van der Waals surface area contributed by atoms with E-state index in [4.69, 9.17) is 9.47 Å². The van der Waals surface area contributed by atoms with Crippen molar-refractivity contribution in [3.8, 4) is 5.75 Å². The summed E-state index contributed by atoms with van der Waals surface area (Å²) in [4.78, 5) is 24.0. The molecule has 1 aromatic carbocycles. The largest absolute Gasteiger partial charge is 0.488 e. The summed E-state index contributed by atoms with van der Waals surface area (Å²) in [7, 11) is 1.48. The molecule has 0 aliphatic carbocycles. The van der Waals surface area contributed by atoms with Crippen molar-refractivity contribution in [3.63, 3.8) is 0 Å². The summed E-state index contributed by atoms with van der Waals surface area (Å²) in [5.41, 5.74) is 0.696.